The van der Waals surface area contributed by atoms with E-state index < -0.39 is 18.0 Å². The van der Waals surface area contributed by atoms with Gasteiger partial charge in [-0.1, -0.05) is 17.7 Å². The molecule has 0 aromatic heterocycles. The SMILES string of the molecule is COc1cc(C2Oc3cc(OC)c(CC=C(C)C)c(O)c3C(=O)C2O)ccc1O. The Hall–Kier alpha value is -3.19. The van der Waals surface area contributed by atoms with Crippen molar-refractivity contribution in [1.82, 2.24) is 0 Å². The number of benzene rings is 2. The molecule has 0 saturated heterocycles. The molecule has 0 radical (unpaired) electrons. The van der Waals surface area contributed by atoms with Crippen LogP contribution in [0.4, 0.5) is 0 Å². The summed E-state index contributed by atoms with van der Waals surface area (Å²) in [6.45, 7) is 3.85. The fourth-order valence-corrected chi connectivity index (χ4v) is 3.29. The third-order valence-corrected chi connectivity index (χ3v) is 4.85. The Morgan fingerprint density at radius 3 is 2.45 bits per heavy atom. The average molecular weight is 400 g/mol. The number of hydrogen-bond acceptors (Lipinski definition) is 7. The number of allylic oxidation sites excluding steroid dienone is 2. The maximum atomic E-state index is 12.9. The first-order chi connectivity index (χ1) is 13.8. The first-order valence-corrected chi connectivity index (χ1v) is 9.10. The van der Waals surface area contributed by atoms with Crippen molar-refractivity contribution < 1.29 is 34.3 Å². The third kappa shape index (κ3) is 3.73. The predicted molar refractivity (Wildman–Crippen MR) is 106 cm³/mol. The minimum absolute atomic E-state index is 0.0718. The number of aliphatic hydroxyl groups excluding tert-OH is 1. The molecule has 154 valence electrons. The van der Waals surface area contributed by atoms with Crippen molar-refractivity contribution in [3.05, 3.63) is 52.6 Å². The van der Waals surface area contributed by atoms with Crippen molar-refractivity contribution >= 4 is 5.78 Å². The topological polar surface area (TPSA) is 105 Å². The second-order valence-electron chi connectivity index (χ2n) is 7.04. The number of carbonyl (C=O) groups excluding carboxylic acids is 1. The highest BCUT2D eigenvalue weighted by molar-refractivity contribution is 6.06. The highest BCUT2D eigenvalue weighted by Crippen LogP contribution is 2.45. The van der Waals surface area contributed by atoms with Crippen LogP contribution in [0.15, 0.2) is 35.9 Å². The zero-order valence-electron chi connectivity index (χ0n) is 16.7. The van der Waals surface area contributed by atoms with Crippen LogP contribution in [0, 0.1) is 0 Å². The summed E-state index contributed by atoms with van der Waals surface area (Å²) in [6, 6.07) is 5.95. The summed E-state index contributed by atoms with van der Waals surface area (Å²) in [5, 5.41) is 31.1. The van der Waals surface area contributed by atoms with Crippen molar-refractivity contribution in [1.29, 1.82) is 0 Å². The van der Waals surface area contributed by atoms with E-state index in [9.17, 15) is 20.1 Å². The summed E-state index contributed by atoms with van der Waals surface area (Å²) < 4.78 is 16.4. The van der Waals surface area contributed by atoms with Crippen molar-refractivity contribution in [3.8, 4) is 28.7 Å². The molecule has 29 heavy (non-hydrogen) atoms. The van der Waals surface area contributed by atoms with Crippen LogP contribution < -0.4 is 14.2 Å². The number of fused-ring (bicyclic) bond motifs is 1. The van der Waals surface area contributed by atoms with Gasteiger partial charge in [0, 0.05) is 11.6 Å². The van der Waals surface area contributed by atoms with Crippen molar-refractivity contribution in [2.45, 2.75) is 32.5 Å². The molecular formula is C22H24O7. The molecule has 0 aliphatic carbocycles. The molecule has 3 rings (SSSR count). The summed E-state index contributed by atoms with van der Waals surface area (Å²) in [4.78, 5) is 12.9. The van der Waals surface area contributed by atoms with E-state index in [4.69, 9.17) is 14.2 Å². The van der Waals surface area contributed by atoms with Crippen LogP contribution in [0.3, 0.4) is 0 Å². The average Bonchev–Trinajstić information content (AvgIpc) is 2.69. The normalized spacial score (nSPS) is 17.9. The Labute approximate surface area is 168 Å². The Morgan fingerprint density at radius 2 is 1.83 bits per heavy atom. The number of aromatic hydroxyl groups is 2. The van der Waals surface area contributed by atoms with Crippen LogP contribution in [-0.2, 0) is 6.42 Å². The highest BCUT2D eigenvalue weighted by Gasteiger charge is 2.40. The first-order valence-electron chi connectivity index (χ1n) is 9.10. The van der Waals surface area contributed by atoms with Gasteiger partial charge in [0.15, 0.2) is 23.7 Å². The van der Waals surface area contributed by atoms with Gasteiger partial charge in [-0.2, -0.15) is 0 Å². The largest absolute Gasteiger partial charge is 0.507 e. The van der Waals surface area contributed by atoms with Gasteiger partial charge in [-0.15, -0.1) is 0 Å². The molecule has 2 atom stereocenters. The second kappa shape index (κ2) is 8.05. The van der Waals surface area contributed by atoms with Gasteiger partial charge >= 0.3 is 0 Å². The molecule has 1 aliphatic heterocycles. The summed E-state index contributed by atoms with van der Waals surface area (Å²) in [7, 11) is 2.86. The Balaban J connectivity index is 2.08. The van der Waals surface area contributed by atoms with Crippen LogP contribution in [0.5, 0.6) is 28.7 Å². The summed E-state index contributed by atoms with van der Waals surface area (Å²) >= 11 is 0. The van der Waals surface area contributed by atoms with E-state index in [-0.39, 0.29) is 28.6 Å². The lowest BCUT2D eigenvalue weighted by atomic mass is 9.90. The van der Waals surface area contributed by atoms with Gasteiger partial charge in [0.2, 0.25) is 5.78 Å². The molecule has 0 fully saturated rings. The monoisotopic (exact) mass is 400 g/mol. The summed E-state index contributed by atoms with van der Waals surface area (Å²) in [5.74, 6) is -0.298. The van der Waals surface area contributed by atoms with Gasteiger partial charge in [0.05, 0.1) is 14.2 Å². The number of hydrogen-bond donors (Lipinski definition) is 3. The molecule has 2 aromatic carbocycles. The van der Waals surface area contributed by atoms with Crippen LogP contribution >= 0.6 is 0 Å². The highest BCUT2D eigenvalue weighted by atomic mass is 16.5. The van der Waals surface area contributed by atoms with Gasteiger partial charge in [0.25, 0.3) is 0 Å². The first kappa shape index (κ1) is 20.5. The van der Waals surface area contributed by atoms with E-state index >= 15 is 0 Å². The maximum Gasteiger partial charge on any atom is 0.202 e. The zero-order chi connectivity index (χ0) is 21.3. The molecule has 1 aliphatic rings. The van der Waals surface area contributed by atoms with E-state index in [1.165, 1.54) is 38.5 Å². The van der Waals surface area contributed by atoms with Gasteiger partial charge in [-0.05, 0) is 38.0 Å². The van der Waals surface area contributed by atoms with Crippen LogP contribution in [0.25, 0.3) is 0 Å². The predicted octanol–water partition coefficient (Wildman–Crippen LogP) is 3.30. The molecule has 1 heterocycles. The lowest BCUT2D eigenvalue weighted by Crippen LogP contribution is -2.36. The number of methoxy groups -OCH3 is 2. The van der Waals surface area contributed by atoms with Crippen LogP contribution in [0.2, 0.25) is 0 Å². The number of carbonyl (C=O) groups is 1. The van der Waals surface area contributed by atoms with Crippen LogP contribution in [-0.4, -0.2) is 41.4 Å². The molecule has 0 amide bonds. The lowest BCUT2D eigenvalue weighted by molar-refractivity contribution is 0.0209. The van der Waals surface area contributed by atoms with Gasteiger partial charge < -0.3 is 29.5 Å². The van der Waals surface area contributed by atoms with Gasteiger partial charge in [-0.25, -0.2) is 0 Å². The number of aliphatic hydroxyl groups is 1. The molecule has 3 N–H and O–H groups in total. The number of ketones is 1. The summed E-state index contributed by atoms with van der Waals surface area (Å²) in [6.07, 6.45) is -0.295. The minimum atomic E-state index is -1.53. The van der Waals surface area contributed by atoms with E-state index in [0.717, 1.165) is 5.57 Å². The van der Waals surface area contributed by atoms with Crippen molar-refractivity contribution in [3.63, 3.8) is 0 Å². The smallest absolute Gasteiger partial charge is 0.202 e. The van der Waals surface area contributed by atoms with E-state index in [2.05, 4.69) is 0 Å². The molecule has 7 heteroatoms. The molecule has 0 bridgehead atoms. The van der Waals surface area contributed by atoms with Gasteiger partial charge in [-0.3, -0.25) is 4.79 Å². The molecule has 7 nitrogen and oxygen atoms in total. The standard InChI is InChI=1S/C22H24O7/c1-11(2)5-7-13-15(27-3)10-17-18(19(13)24)20(25)21(26)22(29-17)12-6-8-14(23)16(9-12)28-4/h5-6,8-10,21-24,26H,7H2,1-4H3. The zero-order valence-corrected chi connectivity index (χ0v) is 16.7. The summed E-state index contributed by atoms with van der Waals surface area (Å²) in [5.41, 5.74) is 1.87. The quantitative estimate of drug-likeness (QED) is 0.661. The van der Waals surface area contributed by atoms with Crippen molar-refractivity contribution in [2.24, 2.45) is 0 Å². The van der Waals surface area contributed by atoms with Crippen molar-refractivity contribution in [2.75, 3.05) is 14.2 Å². The maximum absolute atomic E-state index is 12.9. The molecule has 2 aromatic rings. The Kier molecular flexibility index (Phi) is 5.70. The van der Waals surface area contributed by atoms with Crippen LogP contribution in [0.1, 0.15) is 41.4 Å². The molecule has 0 spiro atoms. The van der Waals surface area contributed by atoms with Gasteiger partial charge in [0.1, 0.15) is 22.8 Å². The number of phenols is 2. The Bertz CT molecular complexity index is 974. The number of phenolic OH excluding ortho intramolecular Hbond substituents is 2. The number of ether oxygens (including phenoxy) is 3. The fraction of sp³-hybridized carbons (Fsp3) is 0.318. The lowest BCUT2D eigenvalue weighted by Gasteiger charge is -2.31. The second-order valence-corrected chi connectivity index (χ2v) is 7.04. The molecule has 2 unspecified atom stereocenters. The van der Waals surface area contributed by atoms with E-state index in [1.54, 1.807) is 0 Å². The minimum Gasteiger partial charge on any atom is -0.507 e. The van der Waals surface area contributed by atoms with E-state index in [1.807, 2.05) is 19.9 Å². The fourth-order valence-electron chi connectivity index (χ4n) is 3.29. The molecular weight excluding hydrogens is 376 g/mol. The Morgan fingerprint density at radius 1 is 1.14 bits per heavy atom. The molecule has 0 saturated carbocycles. The number of rotatable bonds is 5. The van der Waals surface area contributed by atoms with E-state index in [0.29, 0.717) is 23.3 Å². The third-order valence-electron chi connectivity index (χ3n) is 4.85. The number of Topliss-reactive ketones (excluding diaryl/α,β-unsaturated/α-hetero) is 1.